The Hall–Kier alpha value is -1.73. The first kappa shape index (κ1) is 17.1. The number of pyridine rings is 1. The third kappa shape index (κ3) is 4.21. The monoisotopic (exact) mass is 335 g/mol. The lowest BCUT2D eigenvalue weighted by molar-refractivity contribution is -0.384. The molecule has 1 atom stereocenters. The summed E-state index contributed by atoms with van der Waals surface area (Å²) in [5.74, 6) is 0.472. The maximum atomic E-state index is 11.3. The van der Waals surface area contributed by atoms with Crippen molar-refractivity contribution in [1.29, 1.82) is 0 Å². The van der Waals surface area contributed by atoms with E-state index in [0.29, 0.717) is 12.4 Å². The predicted molar refractivity (Wildman–Crippen MR) is 90.4 cm³/mol. The second kappa shape index (κ2) is 7.90. The quantitative estimate of drug-likeness (QED) is 0.608. The number of anilines is 1. The summed E-state index contributed by atoms with van der Waals surface area (Å²) in [5, 5.41) is 11.3. The first-order valence-corrected chi connectivity index (χ1v) is 8.72. The minimum atomic E-state index is -0.349. The fourth-order valence-corrected chi connectivity index (χ4v) is 3.34. The summed E-state index contributed by atoms with van der Waals surface area (Å²) in [6.07, 6.45) is 7.29. The van der Waals surface area contributed by atoms with Gasteiger partial charge in [-0.3, -0.25) is 10.1 Å². The lowest BCUT2D eigenvalue weighted by Gasteiger charge is -2.33. The number of aromatic nitrogens is 1. The van der Waals surface area contributed by atoms with E-state index < -0.39 is 0 Å². The minimum absolute atomic E-state index is 0.0879. The Morgan fingerprint density at radius 3 is 2.83 bits per heavy atom. The summed E-state index contributed by atoms with van der Waals surface area (Å²) in [7, 11) is 0. The van der Waals surface area contributed by atoms with Crippen LogP contribution in [0, 0.1) is 17.0 Å². The van der Waals surface area contributed by atoms with Crippen molar-refractivity contribution in [2.45, 2.75) is 51.2 Å². The summed E-state index contributed by atoms with van der Waals surface area (Å²) in [6.45, 7) is 4.78. The number of nitrogens with zero attached hydrogens (tertiary/aromatic N) is 3. The number of piperidine rings is 1. The van der Waals surface area contributed by atoms with Gasteiger partial charge in [0.2, 0.25) is 5.82 Å². The van der Waals surface area contributed by atoms with Gasteiger partial charge < -0.3 is 14.4 Å². The molecular formula is C17H25N3O4. The Labute approximate surface area is 142 Å². The molecule has 0 bridgehead atoms. The van der Waals surface area contributed by atoms with Crippen LogP contribution in [0.2, 0.25) is 0 Å². The summed E-state index contributed by atoms with van der Waals surface area (Å²) < 4.78 is 11.7. The van der Waals surface area contributed by atoms with E-state index in [-0.39, 0.29) is 22.8 Å². The molecule has 0 unspecified atom stereocenters. The number of rotatable bonds is 5. The van der Waals surface area contributed by atoms with Crippen LogP contribution in [-0.4, -0.2) is 48.4 Å². The minimum Gasteiger partial charge on any atom is -0.376 e. The third-order valence-corrected chi connectivity index (χ3v) is 4.71. The molecule has 7 nitrogen and oxygen atoms in total. The molecule has 2 aliphatic rings. The van der Waals surface area contributed by atoms with Crippen molar-refractivity contribution in [2.24, 2.45) is 0 Å². The van der Waals surface area contributed by atoms with Gasteiger partial charge in [-0.1, -0.05) is 0 Å². The second-order valence-corrected chi connectivity index (χ2v) is 6.62. The van der Waals surface area contributed by atoms with Crippen molar-refractivity contribution in [1.82, 2.24) is 4.98 Å². The number of hydrogen-bond acceptors (Lipinski definition) is 6. The topological polar surface area (TPSA) is 77.7 Å². The fraction of sp³-hybridized carbons (Fsp3) is 0.706. The van der Waals surface area contributed by atoms with Gasteiger partial charge in [0.25, 0.3) is 0 Å². The van der Waals surface area contributed by atoms with Crippen LogP contribution >= 0.6 is 0 Å². The summed E-state index contributed by atoms with van der Waals surface area (Å²) >= 11 is 0. The lowest BCUT2D eigenvalue weighted by Crippen LogP contribution is -2.39. The van der Waals surface area contributed by atoms with E-state index in [9.17, 15) is 10.1 Å². The summed E-state index contributed by atoms with van der Waals surface area (Å²) in [5.41, 5.74) is 0.890. The molecule has 24 heavy (non-hydrogen) atoms. The zero-order chi connectivity index (χ0) is 16.9. The summed E-state index contributed by atoms with van der Waals surface area (Å²) in [6, 6.07) is 1.59. The fourth-order valence-electron chi connectivity index (χ4n) is 3.34. The van der Waals surface area contributed by atoms with Crippen LogP contribution in [-0.2, 0) is 9.47 Å². The van der Waals surface area contributed by atoms with Crippen molar-refractivity contribution in [3.05, 3.63) is 27.9 Å². The molecule has 0 radical (unpaired) electrons. The van der Waals surface area contributed by atoms with Crippen LogP contribution in [0.15, 0.2) is 12.3 Å². The van der Waals surface area contributed by atoms with Crippen molar-refractivity contribution >= 4 is 11.5 Å². The maximum absolute atomic E-state index is 11.3. The Morgan fingerprint density at radius 2 is 2.17 bits per heavy atom. The third-order valence-electron chi connectivity index (χ3n) is 4.71. The summed E-state index contributed by atoms with van der Waals surface area (Å²) in [4.78, 5) is 17.2. The van der Waals surface area contributed by atoms with Gasteiger partial charge in [0.05, 0.1) is 23.7 Å². The molecule has 2 saturated heterocycles. The van der Waals surface area contributed by atoms with Gasteiger partial charge >= 0.3 is 5.69 Å². The molecule has 132 valence electrons. The Morgan fingerprint density at radius 1 is 1.38 bits per heavy atom. The molecule has 3 rings (SSSR count). The molecular weight excluding hydrogens is 310 g/mol. The van der Waals surface area contributed by atoms with Crippen LogP contribution in [0.4, 0.5) is 11.5 Å². The number of aryl methyl sites for hydroxylation is 1. The van der Waals surface area contributed by atoms with E-state index in [1.54, 1.807) is 12.3 Å². The molecule has 0 aliphatic carbocycles. The number of ether oxygens (including phenoxy) is 2. The maximum Gasteiger partial charge on any atom is 0.311 e. The first-order chi connectivity index (χ1) is 11.6. The zero-order valence-corrected chi connectivity index (χ0v) is 14.1. The Kier molecular flexibility index (Phi) is 5.63. The van der Waals surface area contributed by atoms with Crippen molar-refractivity contribution in [3.63, 3.8) is 0 Å². The average Bonchev–Trinajstić information content (AvgIpc) is 2.61. The normalized spacial score (nSPS) is 22.5. The van der Waals surface area contributed by atoms with Crippen molar-refractivity contribution in [2.75, 3.05) is 31.2 Å². The second-order valence-electron chi connectivity index (χ2n) is 6.62. The smallest absolute Gasteiger partial charge is 0.311 e. The van der Waals surface area contributed by atoms with Crippen LogP contribution in [0.25, 0.3) is 0 Å². The van der Waals surface area contributed by atoms with E-state index in [1.807, 2.05) is 11.8 Å². The van der Waals surface area contributed by atoms with Gasteiger partial charge in [-0.15, -0.1) is 0 Å². The van der Waals surface area contributed by atoms with E-state index >= 15 is 0 Å². The zero-order valence-electron chi connectivity index (χ0n) is 14.1. The number of hydrogen-bond donors (Lipinski definition) is 0. The van der Waals surface area contributed by atoms with Gasteiger partial charge in [0.1, 0.15) is 0 Å². The van der Waals surface area contributed by atoms with E-state index in [1.165, 1.54) is 6.42 Å². The largest absolute Gasteiger partial charge is 0.376 e. The van der Waals surface area contributed by atoms with Gasteiger partial charge in [-0.25, -0.2) is 4.98 Å². The van der Waals surface area contributed by atoms with Gasteiger partial charge in [0, 0.05) is 32.0 Å². The van der Waals surface area contributed by atoms with Crippen LogP contribution < -0.4 is 4.90 Å². The molecule has 0 aromatic carbocycles. The molecule has 7 heteroatoms. The lowest BCUT2D eigenvalue weighted by atomic mass is 10.1. The molecule has 3 heterocycles. The Balaban J connectivity index is 1.52. The first-order valence-electron chi connectivity index (χ1n) is 8.72. The van der Waals surface area contributed by atoms with E-state index in [4.69, 9.17) is 9.47 Å². The Bertz CT molecular complexity index is 567. The highest BCUT2D eigenvalue weighted by Crippen LogP contribution is 2.29. The van der Waals surface area contributed by atoms with Crippen molar-refractivity contribution < 1.29 is 14.4 Å². The molecule has 0 spiro atoms. The van der Waals surface area contributed by atoms with Crippen molar-refractivity contribution in [3.8, 4) is 0 Å². The number of nitro groups is 1. The van der Waals surface area contributed by atoms with E-state index in [0.717, 1.165) is 50.9 Å². The molecule has 0 saturated carbocycles. The average molecular weight is 335 g/mol. The van der Waals surface area contributed by atoms with Gasteiger partial charge in [-0.05, 0) is 44.6 Å². The molecule has 1 aromatic rings. The highest BCUT2D eigenvalue weighted by atomic mass is 16.6. The highest BCUT2D eigenvalue weighted by molar-refractivity contribution is 5.58. The molecule has 2 fully saturated rings. The van der Waals surface area contributed by atoms with Crippen LogP contribution in [0.1, 0.15) is 37.7 Å². The highest BCUT2D eigenvalue weighted by Gasteiger charge is 2.27. The van der Waals surface area contributed by atoms with Gasteiger partial charge in [0.15, 0.2) is 0 Å². The molecule has 0 amide bonds. The standard InChI is InChI=1S/C17H25N3O4/c1-13-10-16(20(21)22)17(18-11-13)19-7-5-14(6-8-19)24-12-15-4-2-3-9-23-15/h10-11,14-15H,2-9,12H2,1H3/t15-/m1/s1. The molecule has 1 aromatic heterocycles. The SMILES string of the molecule is Cc1cnc(N2CCC(OC[C@H]3CCCCO3)CC2)c([N+](=O)[O-])c1. The van der Waals surface area contributed by atoms with Gasteiger partial charge in [-0.2, -0.15) is 0 Å². The van der Waals surface area contributed by atoms with Crippen LogP contribution in [0.3, 0.4) is 0 Å². The van der Waals surface area contributed by atoms with Crippen LogP contribution in [0.5, 0.6) is 0 Å². The molecule has 2 aliphatic heterocycles. The predicted octanol–water partition coefficient (Wildman–Crippen LogP) is 2.85. The van der Waals surface area contributed by atoms with E-state index in [2.05, 4.69) is 4.98 Å². The molecule has 0 N–H and O–H groups in total.